The van der Waals surface area contributed by atoms with E-state index in [-0.39, 0.29) is 0 Å². The minimum Gasteiger partial charge on any atom is -0.456 e. The second kappa shape index (κ2) is 25.8. The van der Waals surface area contributed by atoms with E-state index in [1.807, 2.05) is 0 Å². The molecule has 0 aliphatic rings. The molecular weight excluding hydrogens is 1370 g/mol. The van der Waals surface area contributed by atoms with E-state index >= 15 is 0 Å². The first-order valence-electron chi connectivity index (χ1n) is 38.8. The zero-order valence-corrected chi connectivity index (χ0v) is 61.5. The molecule has 5 heterocycles. The van der Waals surface area contributed by atoms with Crippen LogP contribution in [0.3, 0.4) is 0 Å². The van der Waals surface area contributed by atoms with E-state index in [1.54, 1.807) is 0 Å². The molecule has 0 aliphatic carbocycles. The van der Waals surface area contributed by atoms with E-state index in [1.165, 1.54) is 132 Å². The minimum absolute atomic E-state index is 0.850. The van der Waals surface area contributed by atoms with Crippen LogP contribution in [0.25, 0.3) is 221 Å². The first-order chi connectivity index (χ1) is 56.0. The van der Waals surface area contributed by atoms with Gasteiger partial charge >= 0.3 is 0 Å². The van der Waals surface area contributed by atoms with Crippen molar-refractivity contribution in [3.63, 3.8) is 0 Å². The van der Waals surface area contributed by atoms with Crippen LogP contribution in [0.2, 0.25) is 0 Å². The Morgan fingerprint density at radius 1 is 0.142 bits per heavy atom. The highest BCUT2D eigenvalue weighted by Crippen LogP contribution is 2.46. The number of hydrogen-bond donors (Lipinski definition) is 0. The Morgan fingerprint density at radius 2 is 0.442 bits per heavy atom. The Balaban J connectivity index is 0.579. The Labute approximate surface area is 651 Å². The summed E-state index contributed by atoms with van der Waals surface area (Å²) in [6.07, 6.45) is 0. The van der Waals surface area contributed by atoms with Gasteiger partial charge in [-0.2, -0.15) is 0 Å². The van der Waals surface area contributed by atoms with Crippen LogP contribution in [-0.2, 0) is 0 Å². The van der Waals surface area contributed by atoms with Crippen molar-refractivity contribution in [3.05, 3.63) is 413 Å². The van der Waals surface area contributed by atoms with Gasteiger partial charge in [-0.1, -0.05) is 273 Å². The molecule has 0 aliphatic heterocycles. The first kappa shape index (κ1) is 64.0. The molecule has 23 aromatic rings. The van der Waals surface area contributed by atoms with Crippen LogP contribution in [0.4, 0.5) is 0 Å². The second-order valence-corrected chi connectivity index (χ2v) is 29.9. The predicted octanol–water partition coefficient (Wildman–Crippen LogP) is 29.3. The highest BCUT2D eigenvalue weighted by atomic mass is 16.3. The molecule has 0 N–H and O–H groups in total. The van der Waals surface area contributed by atoms with Crippen molar-refractivity contribution in [1.82, 2.24) is 18.3 Å². The van der Waals surface area contributed by atoms with E-state index in [0.29, 0.717) is 0 Å². The molecule has 18 aromatic carbocycles. The second-order valence-electron chi connectivity index (χ2n) is 29.9. The zero-order chi connectivity index (χ0) is 74.2. The molecule has 0 saturated carbocycles. The predicted molar refractivity (Wildman–Crippen MR) is 475 cm³/mol. The summed E-state index contributed by atoms with van der Waals surface area (Å²) < 4.78 is 16.6. The molecule has 0 fully saturated rings. The number of benzene rings is 18. The van der Waals surface area contributed by atoms with Crippen molar-refractivity contribution >= 4 is 109 Å². The summed E-state index contributed by atoms with van der Waals surface area (Å²) in [7, 11) is 0. The van der Waals surface area contributed by atoms with Gasteiger partial charge in [-0.05, 0) is 229 Å². The van der Waals surface area contributed by atoms with Crippen LogP contribution in [-0.4, -0.2) is 18.3 Å². The minimum atomic E-state index is 0.850. The van der Waals surface area contributed by atoms with Crippen molar-refractivity contribution in [2.45, 2.75) is 0 Å². The fraction of sp³-hybridized carbons (Fsp3) is 0. The van der Waals surface area contributed by atoms with E-state index in [0.717, 1.165) is 89.0 Å². The molecule has 0 bridgehead atoms. The highest BCUT2D eigenvalue weighted by Gasteiger charge is 2.23. The normalized spacial score (nSPS) is 11.9. The van der Waals surface area contributed by atoms with E-state index in [4.69, 9.17) is 4.42 Å². The molecule has 23 rings (SSSR count). The average Bonchev–Trinajstić information content (AvgIpc) is 1.54. The molecule has 0 radical (unpaired) electrons. The molecule has 0 atom stereocenters. The van der Waals surface area contributed by atoms with Gasteiger partial charge in [0.1, 0.15) is 11.2 Å². The lowest BCUT2D eigenvalue weighted by Crippen LogP contribution is -1.96. The molecule has 0 unspecified atom stereocenters. The molecule has 0 amide bonds. The van der Waals surface area contributed by atoms with Gasteiger partial charge in [-0.25, -0.2) is 0 Å². The number of nitrogens with zero attached hydrogens (tertiary/aromatic N) is 4. The van der Waals surface area contributed by atoms with E-state index in [9.17, 15) is 0 Å². The monoisotopic (exact) mass is 1440 g/mol. The zero-order valence-electron chi connectivity index (χ0n) is 61.5. The summed E-state index contributed by atoms with van der Waals surface area (Å²) in [4.78, 5) is 0. The lowest BCUT2D eigenvalue weighted by Gasteiger charge is -2.14. The Bertz CT molecular complexity index is 7670. The third kappa shape index (κ3) is 10.5. The van der Waals surface area contributed by atoms with Crippen LogP contribution in [0.15, 0.2) is 417 Å². The lowest BCUT2D eigenvalue weighted by molar-refractivity contribution is 0.669. The maximum atomic E-state index is 6.90. The molecule has 113 heavy (non-hydrogen) atoms. The summed E-state index contributed by atoms with van der Waals surface area (Å²) in [5, 5.41) is 11.9. The maximum absolute atomic E-state index is 6.90. The van der Waals surface area contributed by atoms with Gasteiger partial charge in [0.25, 0.3) is 0 Å². The Kier molecular flexibility index (Phi) is 14.6. The van der Waals surface area contributed by atoms with Crippen molar-refractivity contribution in [2.75, 3.05) is 0 Å². The van der Waals surface area contributed by atoms with Gasteiger partial charge in [-0.15, -0.1) is 0 Å². The maximum Gasteiger partial charge on any atom is 0.137 e. The number of rotatable bonds is 12. The molecule has 0 spiro atoms. The van der Waals surface area contributed by atoms with E-state index < -0.39 is 0 Å². The van der Waals surface area contributed by atoms with Crippen LogP contribution in [0.5, 0.6) is 0 Å². The van der Waals surface area contributed by atoms with Crippen LogP contribution < -0.4 is 0 Å². The van der Waals surface area contributed by atoms with Crippen LogP contribution in [0, 0.1) is 0 Å². The number of furan rings is 1. The van der Waals surface area contributed by atoms with Crippen molar-refractivity contribution in [3.8, 4) is 112 Å². The van der Waals surface area contributed by atoms with Crippen molar-refractivity contribution < 1.29 is 4.42 Å². The smallest absolute Gasteiger partial charge is 0.137 e. The SMILES string of the molecule is c1ccc(-c2ccc(-n3c4ccccc4c4cc(-c5ccc6c(c5)c5ccccc5n6-c5cccc6oc7cc(-c8ccc(-c9ccc%10c%11cc(-c%12ccc%13c(c%12)c%12ccccc%12n%13-c%12cc(-c%13ccccc%13)cc(-c%13ccccc%13)c%12)ccc%11n(-c%11ccc(-c%12ccccc%12)cc%11)c%10c9)cc8)ccc7c56)ccc43)cc2)cc1. The lowest BCUT2D eigenvalue weighted by atomic mass is 9.97. The largest absolute Gasteiger partial charge is 0.456 e. The number of aromatic nitrogens is 4. The standard InChI is InChI=1S/C108H68N4O/c1-5-20-69(21-6-1)73-40-50-85(51-41-73)109-97-31-16-13-28-88(97)93-63-77(46-56-100(93)109)80-49-59-103-95(65-80)90-30-15-18-33-99(90)112(103)104-34-19-35-106-108(104)92-55-45-82(68-107(92)113-106)76-38-36-75(37-39-76)81-44-54-91-96-66-79(47-57-101(96)110(105(91)67-81)86-52-42-74(43-53-86)70-22-7-2-8-23-70)78-48-58-102-94(64-78)89-29-14-17-32-98(89)111(102)87-61-83(71-24-9-3-10-25-71)60-84(62-87)72-26-11-4-12-27-72/h1-68H. The molecule has 5 nitrogen and oxygen atoms in total. The summed E-state index contributed by atoms with van der Waals surface area (Å²) in [5.74, 6) is 0. The first-order valence-corrected chi connectivity index (χ1v) is 38.8. The van der Waals surface area contributed by atoms with Crippen LogP contribution >= 0.6 is 0 Å². The van der Waals surface area contributed by atoms with E-state index in [2.05, 4.69) is 431 Å². The average molecular weight is 1440 g/mol. The Hall–Kier alpha value is -15.0. The molecular formula is C108H68N4O. The highest BCUT2D eigenvalue weighted by molar-refractivity contribution is 6.18. The van der Waals surface area contributed by atoms with Gasteiger partial charge in [0.2, 0.25) is 0 Å². The fourth-order valence-electron chi connectivity index (χ4n) is 18.2. The quantitative estimate of drug-likeness (QED) is 0.120. The topological polar surface area (TPSA) is 32.9 Å². The molecule has 5 aromatic heterocycles. The van der Waals surface area contributed by atoms with Gasteiger partial charge in [0.05, 0.1) is 55.2 Å². The number of para-hydroxylation sites is 3. The summed E-state index contributed by atoms with van der Waals surface area (Å²) in [6, 6.07) is 151. The number of hydrogen-bond acceptors (Lipinski definition) is 1. The van der Waals surface area contributed by atoms with Gasteiger partial charge in [0, 0.05) is 65.5 Å². The third-order valence-corrected chi connectivity index (χ3v) is 23.6. The summed E-state index contributed by atoms with van der Waals surface area (Å²) in [5.41, 5.74) is 34.2. The molecule has 526 valence electrons. The van der Waals surface area contributed by atoms with Crippen LogP contribution in [0.1, 0.15) is 0 Å². The van der Waals surface area contributed by atoms with Crippen molar-refractivity contribution in [1.29, 1.82) is 0 Å². The van der Waals surface area contributed by atoms with Gasteiger partial charge < -0.3 is 22.7 Å². The van der Waals surface area contributed by atoms with Gasteiger partial charge in [-0.3, -0.25) is 0 Å². The molecule has 0 saturated heterocycles. The Morgan fingerprint density at radius 3 is 0.894 bits per heavy atom. The molecule has 5 heteroatoms. The number of fused-ring (bicyclic) bond motifs is 15. The van der Waals surface area contributed by atoms with Crippen molar-refractivity contribution in [2.24, 2.45) is 0 Å². The van der Waals surface area contributed by atoms with Gasteiger partial charge in [0.15, 0.2) is 0 Å². The fourth-order valence-corrected chi connectivity index (χ4v) is 18.2. The summed E-state index contributed by atoms with van der Waals surface area (Å²) in [6.45, 7) is 0. The summed E-state index contributed by atoms with van der Waals surface area (Å²) >= 11 is 0. The third-order valence-electron chi connectivity index (χ3n) is 23.6.